The highest BCUT2D eigenvalue weighted by Gasteiger charge is 2.21. The van der Waals surface area contributed by atoms with Gasteiger partial charge < -0.3 is 10.1 Å². The average Bonchev–Trinajstić information content (AvgIpc) is 3.28. The molecule has 1 aliphatic heterocycles. The number of carbonyl (C=O) groups is 1. The number of hydrogen-bond donors (Lipinski definition) is 1. The molecule has 1 amide bonds. The molecule has 0 unspecified atom stereocenters. The molecule has 2 aromatic carbocycles. The lowest BCUT2D eigenvalue weighted by atomic mass is 10.2. The molecule has 1 fully saturated rings. The number of thiocarbonyl (C=S) groups is 1. The summed E-state index contributed by atoms with van der Waals surface area (Å²) in [5.41, 5.74) is 2.58. The van der Waals surface area contributed by atoms with E-state index in [1.807, 2.05) is 60.8 Å². The summed E-state index contributed by atoms with van der Waals surface area (Å²) >= 11 is 6.25. The molecular weight excluding hydrogens is 380 g/mol. The van der Waals surface area contributed by atoms with Crippen LogP contribution in [0.1, 0.15) is 11.3 Å². The van der Waals surface area contributed by atoms with Crippen LogP contribution in [0.15, 0.2) is 65.7 Å². The van der Waals surface area contributed by atoms with Crippen molar-refractivity contribution in [3.05, 3.63) is 77.0 Å². The third-order valence-electron chi connectivity index (χ3n) is 3.77. The van der Waals surface area contributed by atoms with Gasteiger partial charge in [-0.15, -0.1) is 5.10 Å². The van der Waals surface area contributed by atoms with E-state index in [2.05, 4.69) is 15.6 Å². The molecule has 2 heterocycles. The summed E-state index contributed by atoms with van der Waals surface area (Å²) in [6.45, 7) is 0.319. The molecule has 4 rings (SSSR count). The summed E-state index contributed by atoms with van der Waals surface area (Å²) in [6.07, 6.45) is 3.64. The maximum Gasteiger partial charge on any atom is 0.263 e. The number of amides is 1. The van der Waals surface area contributed by atoms with E-state index in [0.717, 1.165) is 16.9 Å². The van der Waals surface area contributed by atoms with Crippen LogP contribution in [0.5, 0.6) is 5.75 Å². The van der Waals surface area contributed by atoms with Gasteiger partial charge in [-0.25, -0.2) is 4.68 Å². The van der Waals surface area contributed by atoms with E-state index in [1.54, 1.807) is 10.8 Å². The summed E-state index contributed by atoms with van der Waals surface area (Å²) in [4.78, 5) is 12.3. The monoisotopic (exact) mass is 394 g/mol. The number of thioether (sulfide) groups is 1. The summed E-state index contributed by atoms with van der Waals surface area (Å²) < 4.78 is 7.95. The van der Waals surface area contributed by atoms with Crippen LogP contribution < -0.4 is 10.1 Å². The average molecular weight is 394 g/mol. The number of nitrogens with zero attached hydrogens (tertiary/aromatic N) is 3. The van der Waals surface area contributed by atoms with E-state index in [4.69, 9.17) is 17.0 Å². The Balaban J connectivity index is 1.38. The molecule has 134 valence electrons. The first kappa shape index (κ1) is 17.4. The molecule has 8 heteroatoms. The van der Waals surface area contributed by atoms with Crippen LogP contribution >= 0.6 is 24.0 Å². The first-order valence-corrected chi connectivity index (χ1v) is 9.34. The van der Waals surface area contributed by atoms with Crippen LogP contribution in [0.3, 0.4) is 0 Å². The zero-order valence-electron chi connectivity index (χ0n) is 14.0. The van der Waals surface area contributed by atoms with Gasteiger partial charge >= 0.3 is 0 Å². The van der Waals surface area contributed by atoms with Crippen molar-refractivity contribution in [2.75, 3.05) is 0 Å². The van der Waals surface area contributed by atoms with Gasteiger partial charge in [-0.1, -0.05) is 59.5 Å². The topological polar surface area (TPSA) is 69.0 Å². The van der Waals surface area contributed by atoms with Gasteiger partial charge in [-0.05, 0) is 35.9 Å². The van der Waals surface area contributed by atoms with Crippen molar-refractivity contribution >= 4 is 40.3 Å². The van der Waals surface area contributed by atoms with Gasteiger partial charge in [0.15, 0.2) is 0 Å². The van der Waals surface area contributed by atoms with E-state index in [9.17, 15) is 4.79 Å². The predicted molar refractivity (Wildman–Crippen MR) is 108 cm³/mol. The van der Waals surface area contributed by atoms with E-state index in [-0.39, 0.29) is 5.91 Å². The van der Waals surface area contributed by atoms with Gasteiger partial charge in [-0.3, -0.25) is 4.79 Å². The highest BCUT2D eigenvalue weighted by atomic mass is 32.2. The maximum atomic E-state index is 11.7. The molecule has 0 saturated carbocycles. The Morgan fingerprint density at radius 3 is 2.63 bits per heavy atom. The SMILES string of the molecule is O=C1NC(=S)S/C1=C\c1ccc(OCc2cn(-c3ccccc3)nn2)cc1. The minimum absolute atomic E-state index is 0.160. The van der Waals surface area contributed by atoms with E-state index >= 15 is 0 Å². The van der Waals surface area contributed by atoms with Crippen LogP contribution in [-0.2, 0) is 11.4 Å². The van der Waals surface area contributed by atoms with Gasteiger partial charge in [0, 0.05) is 0 Å². The maximum absolute atomic E-state index is 11.7. The fourth-order valence-electron chi connectivity index (χ4n) is 2.46. The lowest BCUT2D eigenvalue weighted by molar-refractivity contribution is -0.115. The number of hydrogen-bond acceptors (Lipinski definition) is 6. The molecule has 27 heavy (non-hydrogen) atoms. The number of nitrogens with one attached hydrogen (secondary N) is 1. The van der Waals surface area contributed by atoms with Crippen molar-refractivity contribution in [2.45, 2.75) is 6.61 Å². The third-order valence-corrected chi connectivity index (χ3v) is 4.93. The molecule has 0 aliphatic carbocycles. The number of rotatable bonds is 5. The molecule has 0 spiro atoms. The van der Waals surface area contributed by atoms with Crippen molar-refractivity contribution < 1.29 is 9.53 Å². The highest BCUT2D eigenvalue weighted by molar-refractivity contribution is 8.26. The van der Waals surface area contributed by atoms with Crippen molar-refractivity contribution in [1.29, 1.82) is 0 Å². The quantitative estimate of drug-likeness (QED) is 0.529. The highest BCUT2D eigenvalue weighted by Crippen LogP contribution is 2.26. The minimum Gasteiger partial charge on any atom is -0.487 e. The summed E-state index contributed by atoms with van der Waals surface area (Å²) in [6, 6.07) is 17.3. The van der Waals surface area contributed by atoms with E-state index in [0.29, 0.717) is 21.6 Å². The molecule has 1 aliphatic rings. The second kappa shape index (κ2) is 7.73. The lowest BCUT2D eigenvalue weighted by Gasteiger charge is -2.04. The smallest absolute Gasteiger partial charge is 0.263 e. The largest absolute Gasteiger partial charge is 0.487 e. The molecule has 1 aromatic heterocycles. The van der Waals surface area contributed by atoms with Crippen LogP contribution in [0.25, 0.3) is 11.8 Å². The normalized spacial score (nSPS) is 15.2. The third kappa shape index (κ3) is 4.24. The number of carbonyl (C=O) groups excluding carboxylic acids is 1. The standard InChI is InChI=1S/C19H14N4O2S2/c24-18-17(27-19(26)20-18)10-13-6-8-16(9-7-13)25-12-14-11-23(22-21-14)15-4-2-1-3-5-15/h1-11H,12H2,(H,20,24,26)/b17-10-. The zero-order chi connectivity index (χ0) is 18.6. The fraction of sp³-hybridized carbons (Fsp3) is 0.0526. The number of benzene rings is 2. The first-order chi connectivity index (χ1) is 13.2. The second-order valence-corrected chi connectivity index (χ2v) is 7.42. The van der Waals surface area contributed by atoms with Crippen molar-refractivity contribution in [3.63, 3.8) is 0 Å². The molecular formula is C19H14N4O2S2. The van der Waals surface area contributed by atoms with Crippen molar-refractivity contribution in [2.24, 2.45) is 0 Å². The molecule has 1 N–H and O–H groups in total. The summed E-state index contributed by atoms with van der Waals surface area (Å²) in [5, 5.41) is 10.8. The number of aromatic nitrogens is 3. The van der Waals surface area contributed by atoms with Gasteiger partial charge in [0.05, 0.1) is 16.8 Å². The first-order valence-electron chi connectivity index (χ1n) is 8.12. The predicted octanol–water partition coefficient (Wildman–Crippen LogP) is 3.34. The Bertz CT molecular complexity index is 1010. The molecule has 3 aromatic rings. The fourth-order valence-corrected chi connectivity index (χ4v) is 3.51. The molecule has 0 bridgehead atoms. The van der Waals surface area contributed by atoms with Crippen molar-refractivity contribution in [3.8, 4) is 11.4 Å². The van der Waals surface area contributed by atoms with Gasteiger partial charge in [0.25, 0.3) is 5.91 Å². The van der Waals surface area contributed by atoms with Gasteiger partial charge in [-0.2, -0.15) is 0 Å². The molecule has 0 radical (unpaired) electrons. The van der Waals surface area contributed by atoms with Crippen LogP contribution in [-0.4, -0.2) is 25.2 Å². The molecule has 0 atom stereocenters. The van der Waals surface area contributed by atoms with Crippen LogP contribution in [0.2, 0.25) is 0 Å². The molecule has 1 saturated heterocycles. The molecule has 6 nitrogen and oxygen atoms in total. The van der Waals surface area contributed by atoms with Crippen LogP contribution in [0, 0.1) is 0 Å². The van der Waals surface area contributed by atoms with Gasteiger partial charge in [0.2, 0.25) is 0 Å². The van der Waals surface area contributed by atoms with Crippen LogP contribution in [0.4, 0.5) is 0 Å². The van der Waals surface area contributed by atoms with Gasteiger partial charge in [0.1, 0.15) is 22.4 Å². The number of para-hydroxylation sites is 1. The van der Waals surface area contributed by atoms with E-state index in [1.165, 1.54) is 11.8 Å². The summed E-state index contributed by atoms with van der Waals surface area (Å²) in [7, 11) is 0. The zero-order valence-corrected chi connectivity index (χ0v) is 15.7. The lowest BCUT2D eigenvalue weighted by Crippen LogP contribution is -2.17. The Hall–Kier alpha value is -2.97. The Morgan fingerprint density at radius 1 is 1.15 bits per heavy atom. The Morgan fingerprint density at radius 2 is 1.93 bits per heavy atom. The second-order valence-electron chi connectivity index (χ2n) is 5.70. The summed E-state index contributed by atoms with van der Waals surface area (Å²) in [5.74, 6) is 0.553. The number of ether oxygens (including phenoxy) is 1. The minimum atomic E-state index is -0.160. The Kier molecular flexibility index (Phi) is 4.99. The Labute approximate surface area is 165 Å². The van der Waals surface area contributed by atoms with Crippen molar-refractivity contribution in [1.82, 2.24) is 20.3 Å². The van der Waals surface area contributed by atoms with E-state index < -0.39 is 0 Å².